The average molecular weight is 441 g/mol. The quantitative estimate of drug-likeness (QED) is 0.649. The first-order valence-corrected chi connectivity index (χ1v) is 11.0. The van der Waals surface area contributed by atoms with Gasteiger partial charge in [-0.15, -0.1) is 0 Å². The Morgan fingerprint density at radius 1 is 1.13 bits per heavy atom. The first-order chi connectivity index (χ1) is 14.9. The van der Waals surface area contributed by atoms with E-state index in [1.54, 1.807) is 18.3 Å². The van der Waals surface area contributed by atoms with Crippen LogP contribution in [0.2, 0.25) is 0 Å². The lowest BCUT2D eigenvalue weighted by Crippen LogP contribution is -2.36. The average Bonchev–Trinajstić information content (AvgIpc) is 3.16. The van der Waals surface area contributed by atoms with Gasteiger partial charge < -0.3 is 15.0 Å². The number of carbonyl (C=O) groups excluding carboxylic acids is 1. The van der Waals surface area contributed by atoms with Crippen molar-refractivity contribution in [3.8, 4) is 10.4 Å². The molecule has 8 heteroatoms. The Morgan fingerprint density at radius 2 is 1.84 bits per heavy atom. The highest BCUT2D eigenvalue weighted by Crippen LogP contribution is 2.36. The van der Waals surface area contributed by atoms with Gasteiger partial charge in [-0.2, -0.15) is 0 Å². The number of aromatic nitrogens is 2. The van der Waals surface area contributed by atoms with Gasteiger partial charge in [-0.05, 0) is 62.2 Å². The van der Waals surface area contributed by atoms with E-state index in [1.807, 2.05) is 26.0 Å². The lowest BCUT2D eigenvalue weighted by atomic mass is 10.1. The van der Waals surface area contributed by atoms with Crippen molar-refractivity contribution in [3.63, 3.8) is 0 Å². The van der Waals surface area contributed by atoms with E-state index in [2.05, 4.69) is 15.2 Å². The van der Waals surface area contributed by atoms with Crippen molar-refractivity contribution in [2.24, 2.45) is 0 Å². The fourth-order valence-corrected chi connectivity index (χ4v) is 4.80. The largest absolute Gasteiger partial charge is 0.378 e. The van der Waals surface area contributed by atoms with E-state index in [-0.39, 0.29) is 18.3 Å². The number of anilines is 1. The smallest absolute Gasteiger partial charge is 0.251 e. The second-order valence-corrected chi connectivity index (χ2v) is 8.63. The molecular weight excluding hydrogens is 415 g/mol. The van der Waals surface area contributed by atoms with Crippen LogP contribution in [0.1, 0.15) is 33.0 Å². The van der Waals surface area contributed by atoms with E-state index in [0.29, 0.717) is 24.3 Å². The maximum Gasteiger partial charge on any atom is 0.251 e. The summed E-state index contributed by atoms with van der Waals surface area (Å²) in [7, 11) is 0. The normalized spacial score (nSPS) is 14.0. The van der Waals surface area contributed by atoms with E-state index >= 15 is 0 Å². The van der Waals surface area contributed by atoms with Gasteiger partial charge in [-0.1, -0.05) is 11.3 Å². The topological polar surface area (TPSA) is 67.3 Å². The number of aryl methyl sites for hydroxylation is 3. The highest BCUT2D eigenvalue weighted by molar-refractivity contribution is 7.19. The minimum absolute atomic E-state index is 0.244. The van der Waals surface area contributed by atoms with E-state index in [4.69, 9.17) is 9.72 Å². The number of halogens is 1. The number of morpholine rings is 1. The summed E-state index contributed by atoms with van der Waals surface area (Å²) in [5.41, 5.74) is 4.79. The van der Waals surface area contributed by atoms with Gasteiger partial charge in [-0.25, -0.2) is 9.37 Å². The zero-order valence-corrected chi connectivity index (χ0v) is 18.7. The third-order valence-corrected chi connectivity index (χ3v) is 6.37. The zero-order valence-electron chi connectivity index (χ0n) is 17.9. The standard InChI is InChI=1S/C23H25FN4O2S/c1-14-10-18(24)4-5-19(14)22(29)25-13-20-21(17-11-15(2)26-16(3)12-17)31-23(27-20)28-6-8-30-9-7-28/h4-5,10-12H,6-9,13H2,1-3H3,(H,25,29). The van der Waals surface area contributed by atoms with Gasteiger partial charge in [0.1, 0.15) is 5.82 Å². The van der Waals surface area contributed by atoms with Crippen LogP contribution in [0, 0.1) is 26.6 Å². The molecule has 0 saturated carbocycles. The van der Waals surface area contributed by atoms with Crippen molar-refractivity contribution in [1.29, 1.82) is 0 Å². The van der Waals surface area contributed by atoms with E-state index in [0.717, 1.165) is 45.7 Å². The van der Waals surface area contributed by atoms with Crippen molar-refractivity contribution >= 4 is 22.4 Å². The molecule has 3 heterocycles. The molecule has 6 nitrogen and oxygen atoms in total. The Balaban J connectivity index is 1.63. The number of carbonyl (C=O) groups is 1. The number of thiazole rings is 1. The Bertz CT molecular complexity index is 1090. The molecule has 0 spiro atoms. The SMILES string of the molecule is Cc1cc(-c2sc(N3CCOCC3)nc2CNC(=O)c2ccc(F)cc2C)cc(C)n1. The molecule has 2 aromatic heterocycles. The highest BCUT2D eigenvalue weighted by atomic mass is 32.1. The predicted octanol–water partition coefficient (Wildman–Crippen LogP) is 4.04. The predicted molar refractivity (Wildman–Crippen MR) is 120 cm³/mol. The molecule has 0 bridgehead atoms. The number of rotatable bonds is 5. The molecule has 0 aliphatic carbocycles. The summed E-state index contributed by atoms with van der Waals surface area (Å²) >= 11 is 1.62. The van der Waals surface area contributed by atoms with Crippen LogP contribution in [-0.2, 0) is 11.3 Å². The first-order valence-electron chi connectivity index (χ1n) is 10.2. The lowest BCUT2D eigenvalue weighted by molar-refractivity contribution is 0.0950. The molecule has 1 fully saturated rings. The zero-order chi connectivity index (χ0) is 22.0. The van der Waals surface area contributed by atoms with Gasteiger partial charge in [0.25, 0.3) is 5.91 Å². The molecule has 1 aliphatic rings. The van der Waals surface area contributed by atoms with E-state index < -0.39 is 0 Å². The number of nitrogens with zero attached hydrogens (tertiary/aromatic N) is 3. The molecule has 1 aromatic carbocycles. The Morgan fingerprint density at radius 3 is 2.52 bits per heavy atom. The third-order valence-electron chi connectivity index (χ3n) is 5.16. The highest BCUT2D eigenvalue weighted by Gasteiger charge is 2.21. The molecule has 162 valence electrons. The number of benzene rings is 1. The number of hydrogen-bond acceptors (Lipinski definition) is 6. The second kappa shape index (κ2) is 9.11. The van der Waals surface area contributed by atoms with Crippen molar-refractivity contribution in [3.05, 3.63) is 64.4 Å². The number of ether oxygens (including phenoxy) is 1. The van der Waals surface area contributed by atoms with Gasteiger partial charge >= 0.3 is 0 Å². The number of nitrogens with one attached hydrogen (secondary N) is 1. The Labute approximate surface area is 185 Å². The minimum atomic E-state index is -0.352. The van der Waals surface area contributed by atoms with Crippen LogP contribution in [0.4, 0.5) is 9.52 Å². The van der Waals surface area contributed by atoms with Gasteiger partial charge in [0.15, 0.2) is 5.13 Å². The molecular formula is C23H25FN4O2S. The summed E-state index contributed by atoms with van der Waals surface area (Å²) in [6.07, 6.45) is 0. The van der Waals surface area contributed by atoms with Crippen LogP contribution in [0.15, 0.2) is 30.3 Å². The van der Waals surface area contributed by atoms with Gasteiger partial charge in [0.2, 0.25) is 0 Å². The summed E-state index contributed by atoms with van der Waals surface area (Å²) in [4.78, 5) is 25.3. The summed E-state index contributed by atoms with van der Waals surface area (Å²) < 4.78 is 18.9. The molecule has 0 unspecified atom stereocenters. The fourth-order valence-electron chi connectivity index (χ4n) is 3.68. The maximum atomic E-state index is 13.4. The lowest BCUT2D eigenvalue weighted by Gasteiger charge is -2.26. The van der Waals surface area contributed by atoms with Crippen LogP contribution < -0.4 is 10.2 Å². The van der Waals surface area contributed by atoms with Crippen molar-refractivity contribution < 1.29 is 13.9 Å². The minimum Gasteiger partial charge on any atom is -0.378 e. The molecule has 4 rings (SSSR count). The van der Waals surface area contributed by atoms with Crippen LogP contribution >= 0.6 is 11.3 Å². The molecule has 0 radical (unpaired) electrons. The van der Waals surface area contributed by atoms with Crippen molar-refractivity contribution in [1.82, 2.24) is 15.3 Å². The van der Waals surface area contributed by atoms with Crippen LogP contribution in [0.25, 0.3) is 10.4 Å². The number of amides is 1. The van der Waals surface area contributed by atoms with E-state index in [1.165, 1.54) is 18.2 Å². The summed E-state index contributed by atoms with van der Waals surface area (Å²) in [5, 5.41) is 3.88. The molecule has 1 saturated heterocycles. The van der Waals surface area contributed by atoms with Crippen LogP contribution in [0.3, 0.4) is 0 Å². The molecule has 3 aromatic rings. The van der Waals surface area contributed by atoms with E-state index in [9.17, 15) is 9.18 Å². The molecule has 31 heavy (non-hydrogen) atoms. The first kappa shape index (κ1) is 21.4. The third kappa shape index (κ3) is 4.91. The number of pyridine rings is 1. The van der Waals surface area contributed by atoms with Gasteiger partial charge in [0.05, 0.1) is 30.3 Å². The molecule has 1 N–H and O–H groups in total. The molecule has 1 aliphatic heterocycles. The summed E-state index contributed by atoms with van der Waals surface area (Å²) in [5.74, 6) is -0.596. The number of hydrogen-bond donors (Lipinski definition) is 1. The van der Waals surface area contributed by atoms with Gasteiger partial charge in [-0.3, -0.25) is 9.78 Å². The van der Waals surface area contributed by atoms with Crippen LogP contribution in [0.5, 0.6) is 0 Å². The van der Waals surface area contributed by atoms with Crippen molar-refractivity contribution in [2.75, 3.05) is 31.2 Å². The Kier molecular flexibility index (Phi) is 6.29. The monoisotopic (exact) mass is 440 g/mol. The Hall–Kier alpha value is -2.84. The van der Waals surface area contributed by atoms with Crippen LogP contribution in [-0.4, -0.2) is 42.2 Å². The summed E-state index contributed by atoms with van der Waals surface area (Å²) in [6, 6.07) is 8.26. The summed E-state index contributed by atoms with van der Waals surface area (Å²) in [6.45, 7) is 8.90. The second-order valence-electron chi connectivity index (χ2n) is 7.65. The molecule has 1 amide bonds. The van der Waals surface area contributed by atoms with Crippen molar-refractivity contribution in [2.45, 2.75) is 27.3 Å². The maximum absolute atomic E-state index is 13.4. The van der Waals surface area contributed by atoms with Gasteiger partial charge in [0, 0.05) is 30.0 Å². The fraction of sp³-hybridized carbons (Fsp3) is 0.348. The molecule has 0 atom stereocenters.